The zero-order valence-corrected chi connectivity index (χ0v) is 15.9. The molecule has 4 aromatic rings. The summed E-state index contributed by atoms with van der Waals surface area (Å²) >= 11 is 0. The summed E-state index contributed by atoms with van der Waals surface area (Å²) in [5.41, 5.74) is 3.01. The molecular formula is C23H15N3O4. The summed E-state index contributed by atoms with van der Waals surface area (Å²) in [6.45, 7) is 1.88. The summed E-state index contributed by atoms with van der Waals surface area (Å²) in [4.78, 5) is 47.1. The molecule has 1 aliphatic heterocycles. The lowest BCUT2D eigenvalue weighted by Crippen LogP contribution is -2.32. The fourth-order valence-electron chi connectivity index (χ4n) is 3.62. The van der Waals surface area contributed by atoms with Gasteiger partial charge in [-0.25, -0.2) is 9.78 Å². The molecule has 2 amide bonds. The minimum absolute atomic E-state index is 0.191. The zero-order valence-electron chi connectivity index (χ0n) is 15.9. The SMILES string of the molecule is Cc1nc2cc(C(=O)ON3C(=O)c4ccccc4C3=O)ccc2n1-c1ccccc1. The fraction of sp³-hybridized carbons (Fsp3) is 0.0435. The molecule has 0 N–H and O–H groups in total. The van der Waals surface area contributed by atoms with Gasteiger partial charge in [0.15, 0.2) is 0 Å². The van der Waals surface area contributed by atoms with Gasteiger partial charge in [-0.05, 0) is 49.4 Å². The third-order valence-electron chi connectivity index (χ3n) is 5.00. The number of aromatic nitrogens is 2. The Kier molecular flexibility index (Phi) is 3.96. The number of para-hydroxylation sites is 1. The van der Waals surface area contributed by atoms with E-state index >= 15 is 0 Å². The number of carbonyl (C=O) groups is 3. The van der Waals surface area contributed by atoms with E-state index in [0.29, 0.717) is 10.6 Å². The van der Waals surface area contributed by atoms with Crippen LogP contribution in [0.5, 0.6) is 0 Å². The van der Waals surface area contributed by atoms with Crippen molar-refractivity contribution in [3.63, 3.8) is 0 Å². The summed E-state index contributed by atoms with van der Waals surface area (Å²) in [7, 11) is 0. The summed E-state index contributed by atoms with van der Waals surface area (Å²) in [6.07, 6.45) is 0. The van der Waals surface area contributed by atoms with Crippen molar-refractivity contribution < 1.29 is 19.2 Å². The van der Waals surface area contributed by atoms with Crippen LogP contribution in [-0.4, -0.2) is 32.4 Å². The van der Waals surface area contributed by atoms with E-state index in [2.05, 4.69) is 4.98 Å². The molecule has 146 valence electrons. The van der Waals surface area contributed by atoms with Crippen LogP contribution in [-0.2, 0) is 4.84 Å². The summed E-state index contributed by atoms with van der Waals surface area (Å²) in [6, 6.07) is 21.0. The first-order chi connectivity index (χ1) is 14.5. The monoisotopic (exact) mass is 397 g/mol. The van der Waals surface area contributed by atoms with Crippen LogP contribution in [0.15, 0.2) is 72.8 Å². The number of rotatable bonds is 3. The van der Waals surface area contributed by atoms with E-state index in [1.807, 2.05) is 41.8 Å². The number of hydroxylamine groups is 2. The van der Waals surface area contributed by atoms with Gasteiger partial charge in [-0.3, -0.25) is 14.2 Å². The molecule has 7 heteroatoms. The van der Waals surface area contributed by atoms with Gasteiger partial charge >= 0.3 is 5.97 Å². The average molecular weight is 397 g/mol. The second-order valence-electron chi connectivity index (χ2n) is 6.86. The van der Waals surface area contributed by atoms with Gasteiger partial charge in [-0.1, -0.05) is 35.4 Å². The van der Waals surface area contributed by atoms with Crippen molar-refractivity contribution in [2.24, 2.45) is 0 Å². The lowest BCUT2D eigenvalue weighted by molar-refractivity contribution is -0.0584. The number of benzene rings is 3. The number of fused-ring (bicyclic) bond motifs is 2. The van der Waals surface area contributed by atoms with Crippen molar-refractivity contribution in [2.45, 2.75) is 6.92 Å². The van der Waals surface area contributed by atoms with E-state index in [1.165, 1.54) is 12.1 Å². The van der Waals surface area contributed by atoms with Crippen molar-refractivity contribution in [2.75, 3.05) is 0 Å². The van der Waals surface area contributed by atoms with Crippen molar-refractivity contribution in [1.82, 2.24) is 14.6 Å². The van der Waals surface area contributed by atoms with Gasteiger partial charge in [0, 0.05) is 5.69 Å². The molecule has 0 spiro atoms. The van der Waals surface area contributed by atoms with Crippen molar-refractivity contribution in [3.8, 4) is 5.69 Å². The molecule has 7 nitrogen and oxygen atoms in total. The van der Waals surface area contributed by atoms with Crippen LogP contribution in [0.4, 0.5) is 0 Å². The highest BCUT2D eigenvalue weighted by Gasteiger charge is 2.38. The first-order valence-corrected chi connectivity index (χ1v) is 9.29. The summed E-state index contributed by atoms with van der Waals surface area (Å²) in [5, 5.41) is 0.505. The van der Waals surface area contributed by atoms with Gasteiger partial charge in [0.25, 0.3) is 11.8 Å². The minimum atomic E-state index is -0.807. The topological polar surface area (TPSA) is 81.5 Å². The number of aryl methyl sites for hydroxylation is 1. The van der Waals surface area contributed by atoms with Gasteiger partial charge < -0.3 is 4.84 Å². The number of carbonyl (C=O) groups excluding carboxylic acids is 3. The highest BCUT2D eigenvalue weighted by molar-refractivity contribution is 6.21. The Morgan fingerprint density at radius 3 is 2.17 bits per heavy atom. The largest absolute Gasteiger partial charge is 0.364 e. The van der Waals surface area contributed by atoms with E-state index < -0.39 is 17.8 Å². The molecule has 0 saturated carbocycles. The summed E-state index contributed by atoms with van der Waals surface area (Å²) < 4.78 is 1.98. The normalized spacial score (nSPS) is 13.0. The van der Waals surface area contributed by atoms with Crippen molar-refractivity contribution in [3.05, 3.63) is 95.3 Å². The van der Waals surface area contributed by atoms with E-state index in [-0.39, 0.29) is 16.7 Å². The second kappa shape index (κ2) is 6.66. The molecule has 1 aromatic heterocycles. The van der Waals surface area contributed by atoms with Crippen LogP contribution < -0.4 is 0 Å². The highest BCUT2D eigenvalue weighted by Crippen LogP contribution is 2.25. The lowest BCUT2D eigenvalue weighted by atomic mass is 10.1. The molecule has 3 aromatic carbocycles. The van der Waals surface area contributed by atoms with E-state index in [4.69, 9.17) is 4.84 Å². The number of imide groups is 1. The average Bonchev–Trinajstić information content (AvgIpc) is 3.22. The number of nitrogens with zero attached hydrogens (tertiary/aromatic N) is 3. The Bertz CT molecular complexity index is 1310. The highest BCUT2D eigenvalue weighted by atomic mass is 16.7. The van der Waals surface area contributed by atoms with E-state index in [0.717, 1.165) is 17.0 Å². The standard InChI is InChI=1S/C23H15N3O4/c1-14-24-19-13-15(11-12-20(19)25(14)16-7-3-2-4-8-16)23(29)30-26-21(27)17-9-5-6-10-18(17)22(26)28/h2-13H,1H3. The minimum Gasteiger partial charge on any atom is -0.324 e. The van der Waals surface area contributed by atoms with E-state index in [1.54, 1.807) is 30.3 Å². The van der Waals surface area contributed by atoms with Crippen LogP contribution in [0.25, 0.3) is 16.7 Å². The molecule has 1 aliphatic rings. The molecule has 2 heterocycles. The Morgan fingerprint density at radius 2 is 1.50 bits per heavy atom. The zero-order chi connectivity index (χ0) is 20.8. The Morgan fingerprint density at radius 1 is 0.867 bits per heavy atom. The molecule has 0 radical (unpaired) electrons. The molecule has 0 atom stereocenters. The third kappa shape index (κ3) is 2.68. The molecular weight excluding hydrogens is 382 g/mol. The smallest absolute Gasteiger partial charge is 0.324 e. The third-order valence-corrected chi connectivity index (χ3v) is 5.00. The van der Waals surface area contributed by atoms with Gasteiger partial charge in [-0.2, -0.15) is 0 Å². The Balaban J connectivity index is 1.45. The maximum absolute atomic E-state index is 12.6. The van der Waals surface area contributed by atoms with E-state index in [9.17, 15) is 14.4 Å². The van der Waals surface area contributed by atoms with Gasteiger partial charge in [0.1, 0.15) is 5.82 Å². The van der Waals surface area contributed by atoms with Crippen molar-refractivity contribution in [1.29, 1.82) is 0 Å². The van der Waals surface area contributed by atoms with Crippen LogP contribution in [0.1, 0.15) is 36.9 Å². The first kappa shape index (κ1) is 17.8. The van der Waals surface area contributed by atoms with Crippen LogP contribution in [0.3, 0.4) is 0 Å². The maximum atomic E-state index is 12.6. The second-order valence-corrected chi connectivity index (χ2v) is 6.86. The van der Waals surface area contributed by atoms with Gasteiger partial charge in [0.05, 0.1) is 27.7 Å². The number of amides is 2. The number of hydrogen-bond acceptors (Lipinski definition) is 5. The summed E-state index contributed by atoms with van der Waals surface area (Å²) in [5.74, 6) is -1.36. The molecule has 0 unspecified atom stereocenters. The maximum Gasteiger partial charge on any atom is 0.364 e. The van der Waals surface area contributed by atoms with Gasteiger partial charge in [0.2, 0.25) is 0 Å². The predicted octanol–water partition coefficient (Wildman–Crippen LogP) is 3.70. The first-order valence-electron chi connectivity index (χ1n) is 9.29. The lowest BCUT2D eigenvalue weighted by Gasteiger charge is -2.12. The fourth-order valence-corrected chi connectivity index (χ4v) is 3.62. The molecule has 0 fully saturated rings. The predicted molar refractivity (Wildman–Crippen MR) is 108 cm³/mol. The Hall–Kier alpha value is -4.26. The molecule has 0 saturated heterocycles. The van der Waals surface area contributed by atoms with Gasteiger partial charge in [-0.15, -0.1) is 0 Å². The molecule has 30 heavy (non-hydrogen) atoms. The Labute approximate surface area is 171 Å². The number of hydrogen-bond donors (Lipinski definition) is 0. The van der Waals surface area contributed by atoms with Crippen LogP contribution in [0.2, 0.25) is 0 Å². The van der Waals surface area contributed by atoms with Crippen molar-refractivity contribution >= 4 is 28.8 Å². The molecule has 0 bridgehead atoms. The van der Waals surface area contributed by atoms with Crippen LogP contribution >= 0.6 is 0 Å². The molecule has 0 aliphatic carbocycles. The molecule has 5 rings (SSSR count). The number of imidazole rings is 1. The van der Waals surface area contributed by atoms with Crippen LogP contribution in [0, 0.1) is 6.92 Å². The quantitative estimate of drug-likeness (QED) is 0.493.